The quantitative estimate of drug-likeness (QED) is 0.530. The zero-order valence-electron chi connectivity index (χ0n) is 5.15. The van der Waals surface area contributed by atoms with Crippen molar-refractivity contribution in [1.29, 1.82) is 0 Å². The molecule has 0 heterocycles. The van der Waals surface area contributed by atoms with Gasteiger partial charge in [-0.25, -0.2) is 0 Å². The first-order valence-electron chi connectivity index (χ1n) is 3.15. The Bertz CT molecular complexity index is 105. The minimum atomic E-state index is 0.804. The van der Waals surface area contributed by atoms with Gasteiger partial charge in [-0.2, -0.15) is 0 Å². The Morgan fingerprint density at radius 1 is 1.75 bits per heavy atom. The second kappa shape index (κ2) is 2.67. The van der Waals surface area contributed by atoms with Crippen molar-refractivity contribution in [3.63, 3.8) is 0 Å². The van der Waals surface area contributed by atoms with Crippen molar-refractivity contribution < 1.29 is 0 Å². The highest BCUT2D eigenvalue weighted by Gasteiger charge is 2.05. The monoisotopic (exact) mass is 174 g/mol. The molecule has 0 aromatic heterocycles. The zero-order valence-corrected chi connectivity index (χ0v) is 6.74. The van der Waals surface area contributed by atoms with Crippen molar-refractivity contribution in [2.75, 3.05) is 0 Å². The first-order chi connectivity index (χ1) is 3.79. The Labute approximate surface area is 59.1 Å². The normalized spacial score (nSPS) is 29.8. The van der Waals surface area contributed by atoms with Crippen LogP contribution in [0, 0.1) is 5.92 Å². The molecular weight excluding hydrogens is 164 g/mol. The third-order valence-electron chi connectivity index (χ3n) is 1.54. The van der Waals surface area contributed by atoms with Crippen LogP contribution in [-0.2, 0) is 0 Å². The summed E-state index contributed by atoms with van der Waals surface area (Å²) in [6.45, 7) is 2.26. The van der Waals surface area contributed by atoms with Gasteiger partial charge >= 0.3 is 0 Å². The molecule has 1 aliphatic rings. The van der Waals surface area contributed by atoms with Crippen LogP contribution in [0.3, 0.4) is 0 Å². The van der Waals surface area contributed by atoms with Crippen molar-refractivity contribution in [3.8, 4) is 0 Å². The molecule has 8 heavy (non-hydrogen) atoms. The van der Waals surface area contributed by atoms with Crippen molar-refractivity contribution >= 4 is 15.9 Å². The molecule has 0 fully saturated rings. The van der Waals surface area contributed by atoms with Crippen molar-refractivity contribution in [1.82, 2.24) is 0 Å². The summed E-state index contributed by atoms with van der Waals surface area (Å²) in [5.41, 5.74) is 0. The molecule has 0 nitrogen and oxygen atoms in total. The molecule has 0 aliphatic heterocycles. The van der Waals surface area contributed by atoms with Crippen LogP contribution in [0.1, 0.15) is 26.2 Å². The minimum absolute atomic E-state index is 0.804. The molecule has 0 saturated carbocycles. The third kappa shape index (κ3) is 1.62. The van der Waals surface area contributed by atoms with Gasteiger partial charge < -0.3 is 0 Å². The van der Waals surface area contributed by atoms with Gasteiger partial charge in [-0.05, 0) is 29.7 Å². The average molecular weight is 175 g/mol. The highest BCUT2D eigenvalue weighted by molar-refractivity contribution is 9.11. The minimum Gasteiger partial charge on any atom is -0.0715 e. The first kappa shape index (κ1) is 6.34. The Morgan fingerprint density at radius 3 is 2.88 bits per heavy atom. The summed E-state index contributed by atoms with van der Waals surface area (Å²) in [6.07, 6.45) is 6.29. The van der Waals surface area contributed by atoms with Gasteiger partial charge in [-0.15, -0.1) is 0 Å². The van der Waals surface area contributed by atoms with Crippen LogP contribution in [0.4, 0.5) is 0 Å². The highest BCUT2D eigenvalue weighted by Crippen LogP contribution is 2.25. The summed E-state index contributed by atoms with van der Waals surface area (Å²) in [4.78, 5) is 0. The van der Waals surface area contributed by atoms with Crippen molar-refractivity contribution in [3.05, 3.63) is 10.6 Å². The topological polar surface area (TPSA) is 0 Å². The predicted octanol–water partition coefficient (Wildman–Crippen LogP) is 3.09. The summed E-state index contributed by atoms with van der Waals surface area (Å²) >= 11 is 3.49. The zero-order chi connectivity index (χ0) is 5.98. The Balaban J connectivity index is 2.50. The molecule has 1 unspecified atom stereocenters. The van der Waals surface area contributed by atoms with Crippen LogP contribution in [0.25, 0.3) is 0 Å². The molecule has 0 aromatic rings. The lowest BCUT2D eigenvalue weighted by atomic mass is 9.98. The lowest BCUT2D eigenvalue weighted by Gasteiger charge is -2.12. The van der Waals surface area contributed by atoms with Crippen LogP contribution in [0.15, 0.2) is 10.6 Å². The van der Waals surface area contributed by atoms with Gasteiger partial charge in [0, 0.05) is 0 Å². The average Bonchev–Trinajstić information content (AvgIpc) is 1.64. The number of rotatable bonds is 0. The van der Waals surface area contributed by atoms with E-state index < -0.39 is 0 Å². The number of hydrogen-bond donors (Lipinski definition) is 0. The lowest BCUT2D eigenvalue weighted by molar-refractivity contribution is 0.581. The first-order valence-corrected chi connectivity index (χ1v) is 3.94. The Kier molecular flexibility index (Phi) is 2.12. The van der Waals surface area contributed by atoms with E-state index in [0.29, 0.717) is 0 Å². The maximum atomic E-state index is 3.49. The van der Waals surface area contributed by atoms with E-state index in [2.05, 4.69) is 28.9 Å². The largest absolute Gasteiger partial charge is 0.0715 e. The summed E-state index contributed by atoms with van der Waals surface area (Å²) in [5, 5.41) is 0. The maximum Gasteiger partial charge on any atom is -0.00865 e. The Hall–Kier alpha value is 0.220. The molecular formula is C7H11Br. The molecule has 0 N–H and O–H groups in total. The fourth-order valence-electron chi connectivity index (χ4n) is 1.07. The van der Waals surface area contributed by atoms with Crippen LogP contribution < -0.4 is 0 Å². The lowest BCUT2D eigenvalue weighted by Crippen LogP contribution is -1.96. The van der Waals surface area contributed by atoms with Gasteiger partial charge in [0.1, 0.15) is 0 Å². The summed E-state index contributed by atoms with van der Waals surface area (Å²) in [6, 6.07) is 0. The summed E-state index contributed by atoms with van der Waals surface area (Å²) in [7, 11) is 0. The van der Waals surface area contributed by atoms with Crippen molar-refractivity contribution in [2.45, 2.75) is 26.2 Å². The molecule has 1 aliphatic carbocycles. The van der Waals surface area contributed by atoms with E-state index in [0.717, 1.165) is 5.92 Å². The number of hydrogen-bond acceptors (Lipinski definition) is 0. The molecule has 46 valence electrons. The molecule has 0 aromatic carbocycles. The van der Waals surface area contributed by atoms with Crippen LogP contribution in [0.2, 0.25) is 0 Å². The molecule has 0 spiro atoms. The molecule has 0 radical (unpaired) electrons. The molecule has 0 amide bonds. The fraction of sp³-hybridized carbons (Fsp3) is 0.714. The van der Waals surface area contributed by atoms with Gasteiger partial charge in [0.15, 0.2) is 0 Å². The van der Waals surface area contributed by atoms with E-state index in [1.165, 1.54) is 23.7 Å². The van der Waals surface area contributed by atoms with Gasteiger partial charge in [0.05, 0.1) is 0 Å². The third-order valence-corrected chi connectivity index (χ3v) is 2.20. The van der Waals surface area contributed by atoms with E-state index in [1.54, 1.807) is 0 Å². The van der Waals surface area contributed by atoms with Crippen molar-refractivity contribution in [2.24, 2.45) is 5.92 Å². The molecule has 1 rings (SSSR count). The molecule has 1 atom stereocenters. The van der Waals surface area contributed by atoms with E-state index in [1.807, 2.05) is 0 Å². The summed E-state index contributed by atoms with van der Waals surface area (Å²) < 4.78 is 1.40. The predicted molar refractivity (Wildman–Crippen MR) is 40.0 cm³/mol. The number of allylic oxidation sites excluding steroid dienone is 2. The van der Waals surface area contributed by atoms with Gasteiger partial charge in [0.2, 0.25) is 0 Å². The standard InChI is InChI=1S/C7H11Br/c1-6-3-2-4-7(8)5-6/h5-6H,2-4H2,1H3. The second-order valence-corrected chi connectivity index (χ2v) is 3.50. The van der Waals surface area contributed by atoms with Gasteiger partial charge in [-0.1, -0.05) is 28.9 Å². The SMILES string of the molecule is CC1C=C(Br)CCC1. The highest BCUT2D eigenvalue weighted by atomic mass is 79.9. The van der Waals surface area contributed by atoms with E-state index >= 15 is 0 Å². The van der Waals surface area contributed by atoms with Crippen LogP contribution in [0.5, 0.6) is 0 Å². The van der Waals surface area contributed by atoms with E-state index in [-0.39, 0.29) is 0 Å². The smallest absolute Gasteiger partial charge is 0.00865 e. The maximum absolute atomic E-state index is 3.49. The van der Waals surface area contributed by atoms with Gasteiger partial charge in [-0.3, -0.25) is 0 Å². The summed E-state index contributed by atoms with van der Waals surface area (Å²) in [5.74, 6) is 0.804. The van der Waals surface area contributed by atoms with E-state index in [9.17, 15) is 0 Å². The Morgan fingerprint density at radius 2 is 2.50 bits per heavy atom. The van der Waals surface area contributed by atoms with Crippen LogP contribution >= 0.6 is 15.9 Å². The molecule has 1 heteroatoms. The molecule has 0 bridgehead atoms. The van der Waals surface area contributed by atoms with E-state index in [4.69, 9.17) is 0 Å². The van der Waals surface area contributed by atoms with Gasteiger partial charge in [0.25, 0.3) is 0 Å². The molecule has 0 saturated heterocycles. The van der Waals surface area contributed by atoms with Crippen LogP contribution in [-0.4, -0.2) is 0 Å². The second-order valence-electron chi connectivity index (χ2n) is 2.48. The number of halogens is 1. The fourth-order valence-corrected chi connectivity index (χ4v) is 1.80.